The molecule has 0 saturated heterocycles. The van der Waals surface area contributed by atoms with E-state index in [0.717, 1.165) is 4.47 Å². The van der Waals surface area contributed by atoms with Crippen LogP contribution in [0.3, 0.4) is 0 Å². The molecule has 1 rings (SSSR count). The number of carbonyl (C=O) groups excluding carboxylic acids is 1. The highest BCUT2D eigenvalue weighted by molar-refractivity contribution is 9.10. The summed E-state index contributed by atoms with van der Waals surface area (Å²) in [6.45, 7) is 2.36. The first-order valence-corrected chi connectivity index (χ1v) is 6.90. The molecule has 0 aliphatic heterocycles. The summed E-state index contributed by atoms with van der Waals surface area (Å²) in [6, 6.07) is 5.17. The van der Waals surface area contributed by atoms with Crippen LogP contribution in [-0.4, -0.2) is 29.4 Å². The Balaban J connectivity index is 2.83. The van der Waals surface area contributed by atoms with Crippen LogP contribution in [0.25, 0.3) is 0 Å². The fourth-order valence-corrected chi connectivity index (χ4v) is 2.28. The number of nitrogens with zero attached hydrogens (tertiary/aromatic N) is 1. The molecule has 0 aliphatic carbocycles. The molecule has 0 aliphatic rings. The van der Waals surface area contributed by atoms with E-state index in [4.69, 9.17) is 29.6 Å². The lowest BCUT2D eigenvalue weighted by Gasteiger charge is -2.21. The Labute approximate surface area is 125 Å². The van der Waals surface area contributed by atoms with Crippen LogP contribution >= 0.6 is 39.7 Å². The lowest BCUT2D eigenvalue weighted by atomic mass is 10.1. The molecule has 1 aromatic carbocycles. The second-order valence-corrected chi connectivity index (χ2v) is 5.91. The third-order valence-electron chi connectivity index (χ3n) is 2.54. The van der Waals surface area contributed by atoms with Crippen LogP contribution in [0, 0.1) is 5.92 Å². The summed E-state index contributed by atoms with van der Waals surface area (Å²) in [7, 11) is 1.70. The van der Waals surface area contributed by atoms with Crippen LogP contribution in [0.15, 0.2) is 22.7 Å². The maximum Gasteiger partial charge on any atom is 0.255 e. The number of amides is 1. The van der Waals surface area contributed by atoms with Gasteiger partial charge in [0.05, 0.1) is 15.6 Å². The predicted molar refractivity (Wildman–Crippen MR) is 82.1 cm³/mol. The summed E-state index contributed by atoms with van der Waals surface area (Å²) in [5.41, 5.74) is 6.00. The zero-order chi connectivity index (χ0) is 13.9. The van der Waals surface area contributed by atoms with Crippen LogP contribution in [0.4, 0.5) is 0 Å². The quantitative estimate of drug-likeness (QED) is 0.850. The highest BCUT2D eigenvalue weighted by atomic mass is 79.9. The van der Waals surface area contributed by atoms with Gasteiger partial charge in [0, 0.05) is 24.0 Å². The van der Waals surface area contributed by atoms with E-state index >= 15 is 0 Å². The van der Waals surface area contributed by atoms with E-state index in [9.17, 15) is 4.79 Å². The largest absolute Gasteiger partial charge is 0.393 e. The molecule has 1 amide bonds. The summed E-state index contributed by atoms with van der Waals surface area (Å²) in [6.07, 6.45) is 0. The van der Waals surface area contributed by atoms with Gasteiger partial charge in [-0.3, -0.25) is 4.79 Å². The molecule has 98 valence electrons. The Morgan fingerprint density at radius 3 is 2.72 bits per heavy atom. The van der Waals surface area contributed by atoms with Crippen molar-refractivity contribution in [2.45, 2.75) is 6.92 Å². The summed E-state index contributed by atoms with van der Waals surface area (Å²) in [5.74, 6) is -0.168. The third-order valence-corrected chi connectivity index (χ3v) is 3.75. The standard InChI is InChI=1S/C12H14BrClN2OS/c1-7(11(15)18)6-16(2)12(17)9-4-3-8(13)5-10(9)14/h3-5,7H,6H2,1-2H3,(H2,15,18). The van der Waals surface area contributed by atoms with Crippen molar-refractivity contribution in [2.75, 3.05) is 13.6 Å². The molecule has 1 atom stereocenters. The molecular weight excluding hydrogens is 336 g/mol. The van der Waals surface area contributed by atoms with Crippen molar-refractivity contribution in [3.05, 3.63) is 33.3 Å². The van der Waals surface area contributed by atoms with Crippen molar-refractivity contribution in [1.82, 2.24) is 4.90 Å². The van der Waals surface area contributed by atoms with Crippen LogP contribution in [0.1, 0.15) is 17.3 Å². The van der Waals surface area contributed by atoms with E-state index in [1.54, 1.807) is 30.1 Å². The number of nitrogens with two attached hydrogens (primary N) is 1. The molecule has 0 aromatic heterocycles. The molecule has 0 spiro atoms. The highest BCUT2D eigenvalue weighted by Gasteiger charge is 2.18. The van der Waals surface area contributed by atoms with Gasteiger partial charge in [-0.25, -0.2) is 0 Å². The van der Waals surface area contributed by atoms with Crippen molar-refractivity contribution in [2.24, 2.45) is 11.7 Å². The van der Waals surface area contributed by atoms with Gasteiger partial charge in [-0.1, -0.05) is 46.7 Å². The van der Waals surface area contributed by atoms with Crippen LogP contribution in [-0.2, 0) is 0 Å². The molecular formula is C12H14BrClN2OS. The Hall–Kier alpha value is -0.650. The number of benzene rings is 1. The summed E-state index contributed by atoms with van der Waals surface area (Å²) >= 11 is 14.2. The Morgan fingerprint density at radius 2 is 2.22 bits per heavy atom. The van der Waals surface area contributed by atoms with Crippen LogP contribution < -0.4 is 5.73 Å². The maximum atomic E-state index is 12.2. The normalized spacial score (nSPS) is 12.0. The first kappa shape index (κ1) is 15.4. The predicted octanol–water partition coefficient (Wildman–Crippen LogP) is 3.10. The van der Waals surface area contributed by atoms with E-state index in [1.807, 2.05) is 6.92 Å². The zero-order valence-electron chi connectivity index (χ0n) is 10.1. The Kier molecular flexibility index (Phi) is 5.56. The van der Waals surface area contributed by atoms with Gasteiger partial charge in [-0.2, -0.15) is 0 Å². The molecule has 2 N–H and O–H groups in total. The molecule has 0 saturated carbocycles. The second-order valence-electron chi connectivity index (χ2n) is 4.11. The summed E-state index contributed by atoms with van der Waals surface area (Å²) < 4.78 is 0.836. The minimum absolute atomic E-state index is 0.0248. The number of rotatable bonds is 4. The Bertz CT molecular complexity index is 481. The lowest BCUT2D eigenvalue weighted by molar-refractivity contribution is 0.0787. The molecule has 0 fully saturated rings. The number of hydrogen-bond acceptors (Lipinski definition) is 2. The molecule has 18 heavy (non-hydrogen) atoms. The average Bonchev–Trinajstić information content (AvgIpc) is 2.27. The van der Waals surface area contributed by atoms with Crippen molar-refractivity contribution in [3.63, 3.8) is 0 Å². The fourth-order valence-electron chi connectivity index (χ4n) is 1.45. The van der Waals surface area contributed by atoms with Gasteiger partial charge in [0.15, 0.2) is 0 Å². The monoisotopic (exact) mass is 348 g/mol. The van der Waals surface area contributed by atoms with Crippen LogP contribution in [0.2, 0.25) is 5.02 Å². The summed E-state index contributed by atoms with van der Waals surface area (Å²) in [4.78, 5) is 14.1. The molecule has 1 unspecified atom stereocenters. The van der Waals surface area contributed by atoms with E-state index in [1.165, 1.54) is 0 Å². The lowest BCUT2D eigenvalue weighted by Crippen LogP contribution is -2.35. The van der Waals surface area contributed by atoms with Gasteiger partial charge in [-0.05, 0) is 18.2 Å². The number of hydrogen-bond donors (Lipinski definition) is 1. The van der Waals surface area contributed by atoms with Crippen molar-refractivity contribution >= 4 is 50.6 Å². The smallest absolute Gasteiger partial charge is 0.255 e. The topological polar surface area (TPSA) is 46.3 Å². The minimum atomic E-state index is -0.143. The molecule has 0 heterocycles. The fraction of sp³-hybridized carbons (Fsp3) is 0.333. The van der Waals surface area contributed by atoms with Crippen LogP contribution in [0.5, 0.6) is 0 Å². The van der Waals surface area contributed by atoms with E-state index in [0.29, 0.717) is 22.1 Å². The van der Waals surface area contributed by atoms with Gasteiger partial charge in [0.25, 0.3) is 5.91 Å². The molecule has 3 nitrogen and oxygen atoms in total. The van der Waals surface area contributed by atoms with Gasteiger partial charge in [0.2, 0.25) is 0 Å². The van der Waals surface area contributed by atoms with E-state index < -0.39 is 0 Å². The molecule has 0 bridgehead atoms. The van der Waals surface area contributed by atoms with E-state index in [2.05, 4.69) is 15.9 Å². The Morgan fingerprint density at radius 1 is 1.61 bits per heavy atom. The first-order chi connectivity index (χ1) is 8.32. The molecule has 6 heteroatoms. The maximum absolute atomic E-state index is 12.2. The second kappa shape index (κ2) is 6.50. The van der Waals surface area contributed by atoms with Crippen molar-refractivity contribution < 1.29 is 4.79 Å². The minimum Gasteiger partial charge on any atom is -0.393 e. The molecule has 1 aromatic rings. The van der Waals surface area contributed by atoms with Gasteiger partial charge < -0.3 is 10.6 Å². The molecule has 0 radical (unpaired) electrons. The average molecular weight is 350 g/mol. The SMILES string of the molecule is CC(CN(C)C(=O)c1ccc(Br)cc1Cl)C(N)=S. The highest BCUT2D eigenvalue weighted by Crippen LogP contribution is 2.22. The van der Waals surface area contributed by atoms with Crippen molar-refractivity contribution in [1.29, 1.82) is 0 Å². The van der Waals surface area contributed by atoms with Gasteiger partial charge >= 0.3 is 0 Å². The first-order valence-electron chi connectivity index (χ1n) is 5.32. The zero-order valence-corrected chi connectivity index (χ0v) is 13.3. The number of halogens is 2. The number of thiocarbonyl (C=S) groups is 1. The van der Waals surface area contributed by atoms with Gasteiger partial charge in [-0.15, -0.1) is 0 Å². The summed E-state index contributed by atoms with van der Waals surface area (Å²) in [5, 5.41) is 0.421. The van der Waals surface area contributed by atoms with Crippen molar-refractivity contribution in [3.8, 4) is 0 Å². The van der Waals surface area contributed by atoms with E-state index in [-0.39, 0.29) is 11.8 Å². The number of carbonyl (C=O) groups is 1. The third kappa shape index (κ3) is 3.93. The van der Waals surface area contributed by atoms with Gasteiger partial charge in [0.1, 0.15) is 0 Å².